The summed E-state index contributed by atoms with van der Waals surface area (Å²) in [7, 11) is 1.74. The predicted molar refractivity (Wildman–Crippen MR) is 69.9 cm³/mol. The van der Waals surface area contributed by atoms with Crippen LogP contribution in [0.25, 0.3) is 0 Å². The largest absolute Gasteiger partial charge is 0.393 e. The van der Waals surface area contributed by atoms with Crippen molar-refractivity contribution in [1.82, 2.24) is 5.32 Å². The van der Waals surface area contributed by atoms with E-state index >= 15 is 0 Å². The monoisotopic (exact) mass is 244 g/mol. The molecule has 1 rings (SSSR count). The van der Waals surface area contributed by atoms with Gasteiger partial charge in [0, 0.05) is 13.2 Å². The molecule has 4 nitrogen and oxygen atoms in total. The van der Waals surface area contributed by atoms with Crippen molar-refractivity contribution in [2.45, 2.75) is 50.7 Å². The van der Waals surface area contributed by atoms with Crippen LogP contribution in [0.15, 0.2) is 0 Å². The molecule has 1 atom stereocenters. The van der Waals surface area contributed by atoms with Crippen LogP contribution < -0.4 is 11.1 Å². The van der Waals surface area contributed by atoms with Crippen molar-refractivity contribution in [3.05, 3.63) is 0 Å². The summed E-state index contributed by atoms with van der Waals surface area (Å²) in [6, 6.07) is 0.426. The Kier molecular flexibility index (Phi) is 7.77. The van der Waals surface area contributed by atoms with Crippen LogP contribution in [-0.4, -0.2) is 44.1 Å². The minimum Gasteiger partial charge on any atom is -0.393 e. The van der Waals surface area contributed by atoms with Gasteiger partial charge in [0.25, 0.3) is 0 Å². The SMILES string of the molecule is COCC(CCCN)NCC1CCC(O)CC1. The van der Waals surface area contributed by atoms with Gasteiger partial charge in [-0.05, 0) is 57.5 Å². The van der Waals surface area contributed by atoms with Crippen LogP contribution in [0.3, 0.4) is 0 Å². The van der Waals surface area contributed by atoms with Gasteiger partial charge in [-0.25, -0.2) is 0 Å². The summed E-state index contributed by atoms with van der Waals surface area (Å²) in [6.45, 7) is 2.55. The second-order valence-electron chi connectivity index (χ2n) is 5.17. The van der Waals surface area contributed by atoms with Gasteiger partial charge in [-0.3, -0.25) is 0 Å². The molecule has 0 amide bonds. The van der Waals surface area contributed by atoms with Crippen LogP contribution >= 0.6 is 0 Å². The second-order valence-corrected chi connectivity index (χ2v) is 5.17. The van der Waals surface area contributed by atoms with Crippen molar-refractivity contribution in [3.8, 4) is 0 Å². The third-order valence-corrected chi connectivity index (χ3v) is 3.64. The first-order valence-corrected chi connectivity index (χ1v) is 6.86. The summed E-state index contributed by atoms with van der Waals surface area (Å²) in [5.74, 6) is 0.718. The Balaban J connectivity index is 2.16. The first-order valence-electron chi connectivity index (χ1n) is 6.86. The van der Waals surface area contributed by atoms with E-state index < -0.39 is 0 Å². The number of rotatable bonds is 8. The van der Waals surface area contributed by atoms with Gasteiger partial charge < -0.3 is 20.9 Å². The maximum atomic E-state index is 9.45. The Morgan fingerprint density at radius 2 is 2.06 bits per heavy atom. The number of aliphatic hydroxyl groups excluding tert-OH is 1. The molecule has 0 aromatic heterocycles. The van der Waals surface area contributed by atoms with Crippen LogP contribution in [0, 0.1) is 5.92 Å². The average molecular weight is 244 g/mol. The fraction of sp³-hybridized carbons (Fsp3) is 1.00. The van der Waals surface area contributed by atoms with Gasteiger partial charge in [0.1, 0.15) is 0 Å². The van der Waals surface area contributed by atoms with Crippen molar-refractivity contribution >= 4 is 0 Å². The fourth-order valence-corrected chi connectivity index (χ4v) is 2.49. The molecule has 0 bridgehead atoms. The highest BCUT2D eigenvalue weighted by Crippen LogP contribution is 2.23. The standard InChI is InChI=1S/C13H28N2O2/c1-17-10-12(3-2-8-14)15-9-11-4-6-13(16)7-5-11/h11-13,15-16H,2-10,14H2,1H3. The van der Waals surface area contributed by atoms with E-state index in [0.717, 1.165) is 64.1 Å². The van der Waals surface area contributed by atoms with E-state index in [9.17, 15) is 5.11 Å². The molecular formula is C13H28N2O2. The van der Waals surface area contributed by atoms with Crippen molar-refractivity contribution in [2.75, 3.05) is 26.8 Å². The number of ether oxygens (including phenoxy) is 1. The highest BCUT2D eigenvalue weighted by molar-refractivity contribution is 4.75. The Morgan fingerprint density at radius 1 is 1.35 bits per heavy atom. The lowest BCUT2D eigenvalue weighted by molar-refractivity contribution is 0.104. The quantitative estimate of drug-likeness (QED) is 0.593. The van der Waals surface area contributed by atoms with Crippen LogP contribution in [0.1, 0.15) is 38.5 Å². The van der Waals surface area contributed by atoms with Crippen LogP contribution in [0.4, 0.5) is 0 Å². The number of hydrogen-bond donors (Lipinski definition) is 3. The molecule has 0 heterocycles. The lowest BCUT2D eigenvalue weighted by Crippen LogP contribution is -2.38. The zero-order valence-electron chi connectivity index (χ0n) is 11.0. The van der Waals surface area contributed by atoms with Crippen molar-refractivity contribution in [3.63, 3.8) is 0 Å². The number of methoxy groups -OCH3 is 1. The predicted octanol–water partition coefficient (Wildman–Crippen LogP) is 0.881. The van der Waals surface area contributed by atoms with Gasteiger partial charge in [-0.2, -0.15) is 0 Å². The van der Waals surface area contributed by atoms with Crippen LogP contribution in [0.5, 0.6) is 0 Å². The van der Waals surface area contributed by atoms with E-state index in [2.05, 4.69) is 5.32 Å². The molecule has 1 aliphatic rings. The maximum Gasteiger partial charge on any atom is 0.0615 e. The first kappa shape index (κ1) is 14.9. The Labute approximate surface area is 105 Å². The Bertz CT molecular complexity index is 182. The summed E-state index contributed by atoms with van der Waals surface area (Å²) in [5, 5.41) is 13.0. The van der Waals surface area contributed by atoms with E-state index in [0.29, 0.717) is 6.04 Å². The second kappa shape index (κ2) is 8.86. The third-order valence-electron chi connectivity index (χ3n) is 3.64. The van der Waals surface area contributed by atoms with Crippen LogP contribution in [0.2, 0.25) is 0 Å². The molecule has 4 N–H and O–H groups in total. The van der Waals surface area contributed by atoms with E-state index in [-0.39, 0.29) is 6.10 Å². The summed E-state index contributed by atoms with van der Waals surface area (Å²) >= 11 is 0. The number of nitrogens with two attached hydrogens (primary N) is 1. The fourth-order valence-electron chi connectivity index (χ4n) is 2.49. The van der Waals surface area contributed by atoms with Gasteiger partial charge in [0.2, 0.25) is 0 Å². The summed E-state index contributed by atoms with van der Waals surface area (Å²) in [4.78, 5) is 0. The molecule has 0 radical (unpaired) electrons. The topological polar surface area (TPSA) is 67.5 Å². The minimum atomic E-state index is -0.0572. The minimum absolute atomic E-state index is 0.0572. The molecule has 0 aromatic carbocycles. The highest BCUT2D eigenvalue weighted by atomic mass is 16.5. The Morgan fingerprint density at radius 3 is 2.65 bits per heavy atom. The van der Waals surface area contributed by atoms with Crippen LogP contribution in [-0.2, 0) is 4.74 Å². The van der Waals surface area contributed by atoms with Gasteiger partial charge in [-0.1, -0.05) is 0 Å². The number of hydrogen-bond acceptors (Lipinski definition) is 4. The molecule has 1 aliphatic carbocycles. The highest BCUT2D eigenvalue weighted by Gasteiger charge is 2.20. The van der Waals surface area contributed by atoms with Crippen molar-refractivity contribution in [2.24, 2.45) is 11.7 Å². The third kappa shape index (κ3) is 6.36. The summed E-state index contributed by atoms with van der Waals surface area (Å²) in [5.41, 5.74) is 5.53. The molecule has 0 saturated heterocycles. The number of aliphatic hydroxyl groups is 1. The lowest BCUT2D eigenvalue weighted by Gasteiger charge is -2.27. The first-order chi connectivity index (χ1) is 8.26. The molecule has 0 spiro atoms. The molecule has 4 heteroatoms. The normalized spacial score (nSPS) is 27.0. The lowest BCUT2D eigenvalue weighted by atomic mass is 9.87. The smallest absolute Gasteiger partial charge is 0.0615 e. The molecule has 1 fully saturated rings. The summed E-state index contributed by atoms with van der Waals surface area (Å²) < 4.78 is 5.21. The molecule has 0 aromatic rings. The van der Waals surface area contributed by atoms with Gasteiger partial charge in [0.05, 0.1) is 12.7 Å². The molecular weight excluding hydrogens is 216 g/mol. The summed E-state index contributed by atoms with van der Waals surface area (Å²) in [6.07, 6.45) is 6.28. The molecule has 0 aliphatic heterocycles. The molecule has 102 valence electrons. The van der Waals surface area contributed by atoms with E-state index in [4.69, 9.17) is 10.5 Å². The van der Waals surface area contributed by atoms with E-state index in [1.807, 2.05) is 0 Å². The maximum absolute atomic E-state index is 9.45. The van der Waals surface area contributed by atoms with E-state index in [1.54, 1.807) is 7.11 Å². The molecule has 1 unspecified atom stereocenters. The van der Waals surface area contributed by atoms with Gasteiger partial charge in [0.15, 0.2) is 0 Å². The average Bonchev–Trinajstić information content (AvgIpc) is 2.35. The Hall–Kier alpha value is -0.160. The molecule has 17 heavy (non-hydrogen) atoms. The van der Waals surface area contributed by atoms with Gasteiger partial charge in [-0.15, -0.1) is 0 Å². The zero-order chi connectivity index (χ0) is 12.5. The van der Waals surface area contributed by atoms with Crippen molar-refractivity contribution in [1.29, 1.82) is 0 Å². The van der Waals surface area contributed by atoms with Crippen molar-refractivity contribution < 1.29 is 9.84 Å². The van der Waals surface area contributed by atoms with Gasteiger partial charge >= 0.3 is 0 Å². The molecule has 1 saturated carbocycles. The number of nitrogens with one attached hydrogen (secondary N) is 1. The zero-order valence-corrected chi connectivity index (χ0v) is 11.0. The van der Waals surface area contributed by atoms with E-state index in [1.165, 1.54) is 0 Å².